The van der Waals surface area contributed by atoms with Crippen molar-refractivity contribution in [3.05, 3.63) is 24.2 Å². The van der Waals surface area contributed by atoms with Gasteiger partial charge in [0.25, 0.3) is 0 Å². The summed E-state index contributed by atoms with van der Waals surface area (Å²) in [6.07, 6.45) is -2.70. The fraction of sp³-hybridized carbons (Fsp3) is 0.417. The number of aromatic nitrogens is 3. The van der Waals surface area contributed by atoms with E-state index in [-0.39, 0.29) is 5.82 Å². The number of nitriles is 1. The van der Waals surface area contributed by atoms with E-state index in [1.165, 1.54) is 10.8 Å². The van der Waals surface area contributed by atoms with Gasteiger partial charge >= 0.3 is 0 Å². The fourth-order valence-corrected chi connectivity index (χ4v) is 2.49. The molecule has 0 saturated carbocycles. The Balaban J connectivity index is 2.08. The summed E-state index contributed by atoms with van der Waals surface area (Å²) in [6.45, 7) is -0.737. The van der Waals surface area contributed by atoms with Gasteiger partial charge in [0.2, 0.25) is 5.60 Å². The molecule has 21 heavy (non-hydrogen) atoms. The lowest BCUT2D eigenvalue weighted by atomic mass is 9.96. The highest BCUT2D eigenvalue weighted by Gasteiger charge is 2.55. The molecule has 9 nitrogen and oxygen atoms in total. The van der Waals surface area contributed by atoms with Gasteiger partial charge in [-0.1, -0.05) is 0 Å². The molecule has 3 unspecified atom stereocenters. The van der Waals surface area contributed by atoms with E-state index in [2.05, 4.69) is 10.1 Å². The molecular weight excluding hydrogens is 278 g/mol. The summed E-state index contributed by atoms with van der Waals surface area (Å²) in [7, 11) is 0. The zero-order valence-corrected chi connectivity index (χ0v) is 10.8. The topological polar surface area (TPSA) is 150 Å². The number of hydrogen-bond acceptors (Lipinski definition) is 8. The number of nitrogen functional groups attached to an aromatic ring is 1. The molecule has 0 amide bonds. The SMILES string of the molecule is N#C[C@]1(CO)OC(c2ccc3c(N)ncnn23)C(O)C1O. The van der Waals surface area contributed by atoms with E-state index in [1.807, 2.05) is 0 Å². The van der Waals surface area contributed by atoms with Crippen LogP contribution in [0.3, 0.4) is 0 Å². The van der Waals surface area contributed by atoms with Gasteiger partial charge in [-0.3, -0.25) is 0 Å². The number of ether oxygens (including phenoxy) is 1. The van der Waals surface area contributed by atoms with Gasteiger partial charge in [0.05, 0.1) is 12.3 Å². The Bertz CT molecular complexity index is 726. The molecule has 0 spiro atoms. The number of fused-ring (bicyclic) bond motifs is 1. The number of anilines is 1. The zero-order chi connectivity index (χ0) is 15.2. The van der Waals surface area contributed by atoms with Gasteiger partial charge < -0.3 is 25.8 Å². The van der Waals surface area contributed by atoms with Crippen LogP contribution in [0.5, 0.6) is 0 Å². The van der Waals surface area contributed by atoms with Gasteiger partial charge in [-0.25, -0.2) is 9.50 Å². The highest BCUT2D eigenvalue weighted by atomic mass is 16.6. The molecule has 2 aromatic rings. The van der Waals surface area contributed by atoms with Crippen LogP contribution >= 0.6 is 0 Å². The van der Waals surface area contributed by atoms with Crippen molar-refractivity contribution in [1.82, 2.24) is 14.6 Å². The Morgan fingerprint density at radius 3 is 2.86 bits per heavy atom. The Hall–Kier alpha value is -2.25. The molecule has 0 aliphatic carbocycles. The third kappa shape index (κ3) is 1.78. The average Bonchev–Trinajstić information content (AvgIpc) is 3.02. The monoisotopic (exact) mass is 291 g/mol. The lowest BCUT2D eigenvalue weighted by molar-refractivity contribution is -0.0746. The first-order valence-electron chi connectivity index (χ1n) is 6.18. The molecule has 1 aliphatic rings. The molecule has 110 valence electrons. The molecule has 0 aromatic carbocycles. The van der Waals surface area contributed by atoms with Crippen molar-refractivity contribution >= 4 is 11.3 Å². The molecule has 5 N–H and O–H groups in total. The second-order valence-corrected chi connectivity index (χ2v) is 4.83. The molecule has 1 saturated heterocycles. The minimum atomic E-state index is -1.87. The van der Waals surface area contributed by atoms with E-state index in [0.717, 1.165) is 0 Å². The summed E-state index contributed by atoms with van der Waals surface area (Å²) in [6, 6.07) is 4.95. The van der Waals surface area contributed by atoms with Crippen LogP contribution in [0.4, 0.5) is 5.82 Å². The summed E-state index contributed by atoms with van der Waals surface area (Å²) in [5, 5.41) is 42.5. The van der Waals surface area contributed by atoms with Gasteiger partial charge in [0.1, 0.15) is 36.2 Å². The number of aliphatic hydroxyl groups is 3. The van der Waals surface area contributed by atoms with E-state index in [0.29, 0.717) is 11.2 Å². The molecule has 2 aromatic heterocycles. The van der Waals surface area contributed by atoms with E-state index in [4.69, 9.17) is 15.7 Å². The summed E-state index contributed by atoms with van der Waals surface area (Å²) < 4.78 is 6.84. The summed E-state index contributed by atoms with van der Waals surface area (Å²) in [4.78, 5) is 3.84. The number of nitrogens with zero attached hydrogens (tertiary/aromatic N) is 4. The maximum absolute atomic E-state index is 10.1. The predicted molar refractivity (Wildman–Crippen MR) is 68.7 cm³/mol. The van der Waals surface area contributed by atoms with Crippen molar-refractivity contribution in [1.29, 1.82) is 5.26 Å². The summed E-state index contributed by atoms with van der Waals surface area (Å²) >= 11 is 0. The Labute approximate surface area is 118 Å². The maximum atomic E-state index is 10.1. The third-order valence-corrected chi connectivity index (χ3v) is 3.68. The first kappa shape index (κ1) is 13.7. The van der Waals surface area contributed by atoms with E-state index < -0.39 is 30.5 Å². The lowest BCUT2D eigenvalue weighted by Crippen LogP contribution is -2.44. The van der Waals surface area contributed by atoms with E-state index in [9.17, 15) is 15.3 Å². The fourth-order valence-electron chi connectivity index (χ4n) is 2.49. The Kier molecular flexibility index (Phi) is 3.03. The van der Waals surface area contributed by atoms with Gasteiger partial charge in [0.15, 0.2) is 5.82 Å². The predicted octanol–water partition coefficient (Wildman–Crippen LogP) is -1.64. The molecule has 1 aliphatic heterocycles. The molecule has 9 heteroatoms. The summed E-state index contributed by atoms with van der Waals surface area (Å²) in [5.74, 6) is 0.248. The molecular formula is C12H13N5O4. The van der Waals surface area contributed by atoms with Crippen molar-refractivity contribution in [3.8, 4) is 6.07 Å². The molecule has 4 atom stereocenters. The second kappa shape index (κ2) is 4.64. The highest BCUT2D eigenvalue weighted by Crippen LogP contribution is 2.40. The van der Waals surface area contributed by atoms with Crippen molar-refractivity contribution in [3.63, 3.8) is 0 Å². The second-order valence-electron chi connectivity index (χ2n) is 4.83. The normalized spacial score (nSPS) is 32.4. The van der Waals surface area contributed by atoms with Crippen LogP contribution in [-0.2, 0) is 4.74 Å². The van der Waals surface area contributed by atoms with Crippen LogP contribution in [0, 0.1) is 11.3 Å². The Morgan fingerprint density at radius 2 is 2.24 bits per heavy atom. The van der Waals surface area contributed by atoms with Crippen molar-refractivity contribution in [2.45, 2.75) is 23.9 Å². The van der Waals surface area contributed by atoms with E-state index >= 15 is 0 Å². The van der Waals surface area contributed by atoms with Gasteiger partial charge in [0, 0.05) is 0 Å². The van der Waals surface area contributed by atoms with Crippen molar-refractivity contribution in [2.75, 3.05) is 12.3 Å². The van der Waals surface area contributed by atoms with E-state index in [1.54, 1.807) is 18.2 Å². The highest BCUT2D eigenvalue weighted by molar-refractivity contribution is 5.65. The van der Waals surface area contributed by atoms with Crippen LogP contribution < -0.4 is 5.73 Å². The van der Waals surface area contributed by atoms with Crippen LogP contribution in [0.25, 0.3) is 5.52 Å². The lowest BCUT2D eigenvalue weighted by Gasteiger charge is -2.21. The number of aliphatic hydroxyl groups excluding tert-OH is 3. The van der Waals surface area contributed by atoms with Crippen molar-refractivity contribution in [2.24, 2.45) is 0 Å². The average molecular weight is 291 g/mol. The molecule has 3 rings (SSSR count). The van der Waals surface area contributed by atoms with Gasteiger partial charge in [-0.15, -0.1) is 0 Å². The molecule has 0 bridgehead atoms. The van der Waals surface area contributed by atoms with Gasteiger partial charge in [-0.05, 0) is 12.1 Å². The smallest absolute Gasteiger partial charge is 0.206 e. The first-order chi connectivity index (χ1) is 10.0. The Morgan fingerprint density at radius 1 is 1.48 bits per heavy atom. The standard InChI is InChI=1S/C12H13N5O4/c13-3-12(4-18)10(20)8(19)9(21-12)6-1-2-7-11(14)15-5-16-17(6)7/h1-2,5,8-10,18-20H,4H2,(H2,14,15,16)/t8?,9?,10?,12-/m1/s1. The largest absolute Gasteiger partial charge is 0.392 e. The van der Waals surface area contributed by atoms with Crippen LogP contribution in [0.15, 0.2) is 18.5 Å². The maximum Gasteiger partial charge on any atom is 0.206 e. The van der Waals surface area contributed by atoms with Crippen molar-refractivity contribution < 1.29 is 20.1 Å². The minimum Gasteiger partial charge on any atom is -0.392 e. The quantitative estimate of drug-likeness (QED) is 0.514. The minimum absolute atomic E-state index is 0.248. The molecule has 3 heterocycles. The van der Waals surface area contributed by atoms with Gasteiger partial charge in [-0.2, -0.15) is 10.4 Å². The van der Waals surface area contributed by atoms with Crippen LogP contribution in [0.1, 0.15) is 11.8 Å². The molecule has 1 fully saturated rings. The number of hydrogen-bond donors (Lipinski definition) is 4. The molecule has 0 radical (unpaired) electrons. The summed E-state index contributed by atoms with van der Waals surface area (Å²) in [5.41, 5.74) is 4.76. The third-order valence-electron chi connectivity index (χ3n) is 3.68. The van der Waals surface area contributed by atoms with Crippen LogP contribution in [0.2, 0.25) is 0 Å². The first-order valence-corrected chi connectivity index (χ1v) is 6.18. The number of nitrogens with two attached hydrogens (primary N) is 1. The zero-order valence-electron chi connectivity index (χ0n) is 10.8. The van der Waals surface area contributed by atoms with Crippen LogP contribution in [-0.4, -0.2) is 54.3 Å². The number of rotatable bonds is 2.